The Hall–Kier alpha value is -3.31. The molecule has 164 valence electrons. The summed E-state index contributed by atoms with van der Waals surface area (Å²) in [6, 6.07) is 26.9. The molecule has 2 bridgehead atoms. The highest BCUT2D eigenvalue weighted by Crippen LogP contribution is 2.37. The van der Waals surface area contributed by atoms with Crippen molar-refractivity contribution in [2.24, 2.45) is 0 Å². The summed E-state index contributed by atoms with van der Waals surface area (Å²) in [5.41, 5.74) is 3.49. The molecule has 0 saturated carbocycles. The van der Waals surface area contributed by atoms with Crippen LogP contribution in [0.15, 0.2) is 78.9 Å². The molecular formula is C27H29N3O2. The number of hydrogen-bond acceptors (Lipinski definition) is 3. The minimum absolute atomic E-state index is 0.0163. The first kappa shape index (κ1) is 20.6. The molecule has 1 N–H and O–H groups in total. The summed E-state index contributed by atoms with van der Waals surface area (Å²) >= 11 is 0. The van der Waals surface area contributed by atoms with E-state index in [1.165, 1.54) is 11.1 Å². The number of anilines is 1. The van der Waals surface area contributed by atoms with Crippen LogP contribution >= 0.6 is 0 Å². The average molecular weight is 428 g/mol. The van der Waals surface area contributed by atoms with Crippen molar-refractivity contribution >= 4 is 11.7 Å². The molecule has 2 fully saturated rings. The van der Waals surface area contributed by atoms with E-state index < -0.39 is 0 Å². The lowest BCUT2D eigenvalue weighted by Crippen LogP contribution is -2.50. The van der Waals surface area contributed by atoms with Crippen molar-refractivity contribution in [2.75, 3.05) is 18.4 Å². The van der Waals surface area contributed by atoms with Gasteiger partial charge in [0.1, 0.15) is 11.5 Å². The fourth-order valence-corrected chi connectivity index (χ4v) is 5.08. The van der Waals surface area contributed by atoms with Crippen molar-refractivity contribution in [3.8, 4) is 11.5 Å². The maximum atomic E-state index is 12.9. The van der Waals surface area contributed by atoms with E-state index in [4.69, 9.17) is 4.74 Å². The minimum Gasteiger partial charge on any atom is -0.457 e. The summed E-state index contributed by atoms with van der Waals surface area (Å²) in [5.74, 6) is 1.54. The number of piperazine rings is 1. The Balaban J connectivity index is 1.18. The normalized spacial score (nSPS) is 20.9. The van der Waals surface area contributed by atoms with Gasteiger partial charge in [0.05, 0.1) is 0 Å². The number of carbonyl (C=O) groups excluding carboxylic acids is 1. The number of amides is 2. The number of rotatable bonds is 5. The van der Waals surface area contributed by atoms with Gasteiger partial charge in [0, 0.05) is 36.9 Å². The Bertz CT molecular complexity index is 1080. The van der Waals surface area contributed by atoms with Crippen LogP contribution in [0.4, 0.5) is 10.5 Å². The van der Waals surface area contributed by atoms with Gasteiger partial charge in [-0.25, -0.2) is 4.79 Å². The van der Waals surface area contributed by atoms with Crippen molar-refractivity contribution < 1.29 is 9.53 Å². The molecular weight excluding hydrogens is 398 g/mol. The molecule has 3 aromatic rings. The van der Waals surface area contributed by atoms with Crippen LogP contribution < -0.4 is 10.1 Å². The summed E-state index contributed by atoms with van der Waals surface area (Å²) in [4.78, 5) is 17.5. The molecule has 5 heteroatoms. The summed E-state index contributed by atoms with van der Waals surface area (Å²) in [6.07, 6.45) is 1.05. The molecule has 0 spiro atoms. The molecule has 32 heavy (non-hydrogen) atoms. The number of hydrogen-bond donors (Lipinski definition) is 1. The third-order valence-electron chi connectivity index (χ3n) is 6.76. The second kappa shape index (κ2) is 8.67. The fourth-order valence-electron chi connectivity index (χ4n) is 5.08. The van der Waals surface area contributed by atoms with Gasteiger partial charge < -0.3 is 15.0 Å². The van der Waals surface area contributed by atoms with Crippen LogP contribution in [0.25, 0.3) is 0 Å². The fraction of sp³-hybridized carbons (Fsp3) is 0.296. The van der Waals surface area contributed by atoms with Crippen molar-refractivity contribution in [3.63, 3.8) is 0 Å². The molecule has 2 amide bonds. The van der Waals surface area contributed by atoms with Gasteiger partial charge in [0.15, 0.2) is 0 Å². The lowest BCUT2D eigenvalue weighted by Gasteiger charge is -2.38. The molecule has 2 aliphatic rings. The molecule has 3 unspecified atom stereocenters. The smallest absolute Gasteiger partial charge is 0.322 e. The number of para-hydroxylation sites is 1. The summed E-state index contributed by atoms with van der Waals surface area (Å²) in [6.45, 7) is 6.17. The molecule has 2 heterocycles. The van der Waals surface area contributed by atoms with Gasteiger partial charge in [0.2, 0.25) is 0 Å². The highest BCUT2D eigenvalue weighted by atomic mass is 16.5. The van der Waals surface area contributed by atoms with Crippen molar-refractivity contribution in [1.82, 2.24) is 9.80 Å². The lowest BCUT2D eigenvalue weighted by atomic mass is 10.0. The van der Waals surface area contributed by atoms with E-state index >= 15 is 0 Å². The van der Waals surface area contributed by atoms with Gasteiger partial charge >= 0.3 is 6.03 Å². The van der Waals surface area contributed by atoms with E-state index in [9.17, 15) is 4.79 Å². The Morgan fingerprint density at radius 2 is 1.59 bits per heavy atom. The van der Waals surface area contributed by atoms with Crippen molar-refractivity contribution in [3.05, 3.63) is 90.0 Å². The zero-order valence-electron chi connectivity index (χ0n) is 18.6. The number of benzene rings is 3. The molecule has 5 nitrogen and oxygen atoms in total. The maximum absolute atomic E-state index is 12.9. The summed E-state index contributed by atoms with van der Waals surface area (Å²) in [5, 5.41) is 3.06. The summed E-state index contributed by atoms with van der Waals surface area (Å²) < 4.78 is 5.83. The minimum atomic E-state index is -0.0163. The van der Waals surface area contributed by atoms with Crippen LogP contribution in [0, 0.1) is 6.92 Å². The first-order valence-electron chi connectivity index (χ1n) is 11.3. The standard InChI is InChI=1S/C27H29N3O2/c1-19-8-6-7-11-26(19)20(2)29-17-23-16-22(29)18-30(23)27(31)28-21-12-14-25(15-13-21)32-24-9-4-3-5-10-24/h3-15,20,22-23H,16-18H2,1-2H3,(H,28,31). The number of ether oxygens (including phenoxy) is 1. The van der Waals surface area contributed by atoms with Gasteiger partial charge in [-0.05, 0) is 67.8 Å². The van der Waals surface area contributed by atoms with Crippen molar-refractivity contribution in [1.29, 1.82) is 0 Å². The van der Waals surface area contributed by atoms with E-state index in [-0.39, 0.29) is 12.1 Å². The van der Waals surface area contributed by atoms with E-state index in [0.29, 0.717) is 12.1 Å². The second-order valence-corrected chi connectivity index (χ2v) is 8.79. The first-order valence-corrected chi connectivity index (χ1v) is 11.3. The van der Waals surface area contributed by atoms with Gasteiger partial charge in [-0.2, -0.15) is 0 Å². The molecule has 2 saturated heterocycles. The molecule has 3 aromatic carbocycles. The first-order chi connectivity index (χ1) is 15.6. The van der Waals surface area contributed by atoms with Crippen LogP contribution in [-0.4, -0.2) is 41.0 Å². The highest BCUT2D eigenvalue weighted by Gasteiger charge is 2.46. The van der Waals surface area contributed by atoms with E-state index in [1.54, 1.807) is 0 Å². The van der Waals surface area contributed by atoms with Crippen LogP contribution in [0.1, 0.15) is 30.5 Å². The number of nitrogens with zero attached hydrogens (tertiary/aromatic N) is 2. The average Bonchev–Trinajstić information content (AvgIpc) is 3.42. The molecule has 0 radical (unpaired) electrons. The quantitative estimate of drug-likeness (QED) is 0.556. The number of likely N-dealkylation sites (tertiary alicyclic amines) is 2. The van der Waals surface area contributed by atoms with Crippen LogP contribution in [-0.2, 0) is 0 Å². The number of aryl methyl sites for hydroxylation is 1. The Morgan fingerprint density at radius 1 is 0.906 bits per heavy atom. The third kappa shape index (κ3) is 4.08. The SMILES string of the molecule is Cc1ccccc1C(C)N1CC2CC1CN2C(=O)Nc1ccc(Oc2ccccc2)cc1. The van der Waals surface area contributed by atoms with Crippen LogP contribution in [0.3, 0.4) is 0 Å². The van der Waals surface area contributed by atoms with E-state index in [0.717, 1.165) is 36.7 Å². The van der Waals surface area contributed by atoms with Gasteiger partial charge in [-0.3, -0.25) is 4.90 Å². The van der Waals surface area contributed by atoms with Crippen molar-refractivity contribution in [2.45, 2.75) is 38.4 Å². The Kier molecular flexibility index (Phi) is 5.58. The number of fused-ring (bicyclic) bond motifs is 2. The van der Waals surface area contributed by atoms with E-state index in [1.807, 2.05) is 59.5 Å². The molecule has 0 aromatic heterocycles. The van der Waals surface area contributed by atoms with E-state index in [2.05, 4.69) is 48.3 Å². The zero-order valence-corrected chi connectivity index (χ0v) is 18.6. The third-order valence-corrected chi connectivity index (χ3v) is 6.76. The second-order valence-electron chi connectivity index (χ2n) is 8.79. The predicted octanol–water partition coefficient (Wildman–Crippen LogP) is 5.84. The highest BCUT2D eigenvalue weighted by molar-refractivity contribution is 5.90. The lowest BCUT2D eigenvalue weighted by molar-refractivity contribution is 0.115. The van der Waals surface area contributed by atoms with Crippen LogP contribution in [0.5, 0.6) is 11.5 Å². The molecule has 0 aliphatic carbocycles. The number of urea groups is 1. The van der Waals surface area contributed by atoms with Gasteiger partial charge in [0.25, 0.3) is 0 Å². The van der Waals surface area contributed by atoms with Gasteiger partial charge in [-0.1, -0.05) is 42.5 Å². The monoisotopic (exact) mass is 427 g/mol. The largest absolute Gasteiger partial charge is 0.457 e. The van der Waals surface area contributed by atoms with Crippen LogP contribution in [0.2, 0.25) is 0 Å². The predicted molar refractivity (Wildman–Crippen MR) is 127 cm³/mol. The Morgan fingerprint density at radius 3 is 2.28 bits per heavy atom. The maximum Gasteiger partial charge on any atom is 0.322 e. The molecule has 5 rings (SSSR count). The molecule has 3 atom stereocenters. The number of carbonyl (C=O) groups is 1. The number of nitrogens with one attached hydrogen (secondary N) is 1. The summed E-state index contributed by atoms with van der Waals surface area (Å²) in [7, 11) is 0. The molecule has 2 aliphatic heterocycles. The topological polar surface area (TPSA) is 44.8 Å². The zero-order chi connectivity index (χ0) is 22.1. The van der Waals surface area contributed by atoms with Gasteiger partial charge in [-0.15, -0.1) is 0 Å². The Labute approximate surface area is 189 Å².